The summed E-state index contributed by atoms with van der Waals surface area (Å²) in [6.07, 6.45) is -0.813. The molecule has 0 radical (unpaired) electrons. The minimum atomic E-state index is -0.565. The van der Waals surface area contributed by atoms with Crippen molar-refractivity contribution in [2.45, 2.75) is 26.2 Å². The van der Waals surface area contributed by atoms with Crippen molar-refractivity contribution < 1.29 is 9.84 Å². The zero-order valence-corrected chi connectivity index (χ0v) is 13.0. The maximum atomic E-state index is 10.1. The molecule has 3 nitrogen and oxygen atoms in total. The summed E-state index contributed by atoms with van der Waals surface area (Å²) in [5.41, 5.74) is 1.87. The third kappa shape index (κ3) is 4.46. The third-order valence-electron chi connectivity index (χ3n) is 3.24. The van der Waals surface area contributed by atoms with Crippen LogP contribution in [-0.4, -0.2) is 17.9 Å². The lowest BCUT2D eigenvalue weighted by molar-refractivity contribution is 0.128. The van der Waals surface area contributed by atoms with Gasteiger partial charge in [-0.2, -0.15) is 0 Å². The smallest absolute Gasteiger partial charge is 0.147 e. The van der Waals surface area contributed by atoms with E-state index in [1.165, 1.54) is 0 Å². The molecule has 21 heavy (non-hydrogen) atoms. The minimum absolute atomic E-state index is 0.248. The number of aryl methyl sites for hydroxylation is 1. The Labute approximate surface area is 130 Å². The van der Waals surface area contributed by atoms with E-state index in [0.29, 0.717) is 17.3 Å². The predicted octanol–water partition coefficient (Wildman–Crippen LogP) is 3.70. The van der Waals surface area contributed by atoms with Gasteiger partial charge in [0.05, 0.1) is 11.1 Å². The molecule has 0 aliphatic heterocycles. The molecule has 0 saturated heterocycles. The van der Waals surface area contributed by atoms with Gasteiger partial charge in [0, 0.05) is 6.54 Å². The maximum absolute atomic E-state index is 10.1. The number of ether oxygens (including phenoxy) is 1. The van der Waals surface area contributed by atoms with Crippen molar-refractivity contribution in [2.24, 2.45) is 0 Å². The highest BCUT2D eigenvalue weighted by Gasteiger charge is 2.12. The summed E-state index contributed by atoms with van der Waals surface area (Å²) in [5, 5.41) is 13.8. The molecule has 0 fully saturated rings. The number of aliphatic hydroxyl groups is 1. The van der Waals surface area contributed by atoms with Gasteiger partial charge in [0.2, 0.25) is 0 Å². The molecule has 0 spiro atoms. The molecule has 0 aliphatic carbocycles. The summed E-state index contributed by atoms with van der Waals surface area (Å²) in [5.74, 6) is 0.674. The van der Waals surface area contributed by atoms with Crippen molar-refractivity contribution in [3.8, 4) is 5.75 Å². The van der Waals surface area contributed by atoms with E-state index in [9.17, 15) is 5.11 Å². The van der Waals surface area contributed by atoms with E-state index < -0.39 is 6.10 Å². The van der Waals surface area contributed by atoms with Crippen molar-refractivity contribution >= 4 is 11.6 Å². The fourth-order valence-corrected chi connectivity index (χ4v) is 2.32. The Hall–Kier alpha value is -1.55. The summed E-state index contributed by atoms with van der Waals surface area (Å²) in [7, 11) is 0. The normalized spacial score (nSPS) is 13.7. The molecule has 0 saturated carbocycles. The lowest BCUT2D eigenvalue weighted by Crippen LogP contribution is -2.35. The summed E-state index contributed by atoms with van der Waals surface area (Å²) in [6, 6.07) is 15.2. The standard InChI is InChI=1S/C17H20ClNO2/c1-12-7-6-10-15(18)17(12)21-13(2)19-11-16(20)14-8-4-3-5-9-14/h3-10,13,16,19-20H,11H2,1-2H3. The van der Waals surface area contributed by atoms with Gasteiger partial charge in [-0.05, 0) is 31.0 Å². The molecule has 2 unspecified atom stereocenters. The van der Waals surface area contributed by atoms with Crippen LogP contribution >= 0.6 is 11.6 Å². The van der Waals surface area contributed by atoms with E-state index in [4.69, 9.17) is 16.3 Å². The molecule has 0 amide bonds. The monoisotopic (exact) mass is 305 g/mol. The van der Waals surface area contributed by atoms with Gasteiger partial charge in [0.1, 0.15) is 12.0 Å². The van der Waals surface area contributed by atoms with E-state index in [2.05, 4.69) is 5.32 Å². The third-order valence-corrected chi connectivity index (χ3v) is 3.54. The second kappa shape index (κ2) is 7.46. The molecule has 2 aromatic carbocycles. The summed E-state index contributed by atoms with van der Waals surface area (Å²) < 4.78 is 5.81. The van der Waals surface area contributed by atoms with E-state index in [1.807, 2.05) is 56.3 Å². The Kier molecular flexibility index (Phi) is 5.62. The van der Waals surface area contributed by atoms with E-state index in [1.54, 1.807) is 6.07 Å². The molecule has 2 atom stereocenters. The Bertz CT molecular complexity index is 554. The summed E-state index contributed by atoms with van der Waals surface area (Å²) >= 11 is 6.13. The van der Waals surface area contributed by atoms with Crippen molar-refractivity contribution in [3.63, 3.8) is 0 Å². The Morgan fingerprint density at radius 3 is 2.52 bits per heavy atom. The van der Waals surface area contributed by atoms with Crippen LogP contribution in [0.25, 0.3) is 0 Å². The zero-order chi connectivity index (χ0) is 15.2. The summed E-state index contributed by atoms with van der Waals surface area (Å²) in [4.78, 5) is 0. The van der Waals surface area contributed by atoms with Gasteiger partial charge < -0.3 is 9.84 Å². The lowest BCUT2D eigenvalue weighted by atomic mass is 10.1. The summed E-state index contributed by atoms with van der Waals surface area (Å²) in [6.45, 7) is 4.25. The minimum Gasteiger partial charge on any atom is -0.474 e. The van der Waals surface area contributed by atoms with Crippen molar-refractivity contribution in [1.29, 1.82) is 0 Å². The Balaban J connectivity index is 1.89. The van der Waals surface area contributed by atoms with Gasteiger partial charge >= 0.3 is 0 Å². The molecule has 0 bridgehead atoms. The van der Waals surface area contributed by atoms with E-state index in [-0.39, 0.29) is 6.23 Å². The van der Waals surface area contributed by atoms with Crippen LogP contribution in [0.2, 0.25) is 5.02 Å². The molecule has 2 aromatic rings. The number of rotatable bonds is 6. The molecule has 2 N–H and O–H groups in total. The highest BCUT2D eigenvalue weighted by Crippen LogP contribution is 2.28. The quantitative estimate of drug-likeness (QED) is 0.800. The highest BCUT2D eigenvalue weighted by molar-refractivity contribution is 6.32. The van der Waals surface area contributed by atoms with E-state index in [0.717, 1.165) is 11.1 Å². The number of nitrogens with one attached hydrogen (secondary N) is 1. The number of benzene rings is 2. The van der Waals surface area contributed by atoms with Gasteiger partial charge in [-0.25, -0.2) is 0 Å². The molecular formula is C17H20ClNO2. The second-order valence-electron chi connectivity index (χ2n) is 4.98. The fourth-order valence-electron chi connectivity index (χ4n) is 2.05. The number of halogens is 1. The van der Waals surface area contributed by atoms with Crippen LogP contribution in [0.15, 0.2) is 48.5 Å². The van der Waals surface area contributed by atoms with Crippen LogP contribution < -0.4 is 10.1 Å². The van der Waals surface area contributed by atoms with Crippen LogP contribution in [-0.2, 0) is 0 Å². The zero-order valence-electron chi connectivity index (χ0n) is 12.2. The number of para-hydroxylation sites is 1. The van der Waals surface area contributed by atoms with E-state index >= 15 is 0 Å². The maximum Gasteiger partial charge on any atom is 0.147 e. The Morgan fingerprint density at radius 1 is 1.14 bits per heavy atom. The van der Waals surface area contributed by atoms with Gasteiger partial charge in [-0.1, -0.05) is 54.1 Å². The molecule has 0 aromatic heterocycles. The molecule has 2 rings (SSSR count). The lowest BCUT2D eigenvalue weighted by Gasteiger charge is -2.20. The first-order valence-corrected chi connectivity index (χ1v) is 7.34. The fraction of sp³-hybridized carbons (Fsp3) is 0.294. The average molecular weight is 306 g/mol. The van der Waals surface area contributed by atoms with Crippen molar-refractivity contribution in [3.05, 3.63) is 64.7 Å². The molecule has 4 heteroatoms. The van der Waals surface area contributed by atoms with Crippen molar-refractivity contribution in [1.82, 2.24) is 5.32 Å². The topological polar surface area (TPSA) is 41.5 Å². The van der Waals surface area contributed by atoms with Crippen LogP contribution in [0, 0.1) is 6.92 Å². The number of aliphatic hydroxyl groups excluding tert-OH is 1. The highest BCUT2D eigenvalue weighted by atomic mass is 35.5. The van der Waals surface area contributed by atoms with Crippen LogP contribution in [0.4, 0.5) is 0 Å². The van der Waals surface area contributed by atoms with Gasteiger partial charge in [0.15, 0.2) is 0 Å². The largest absolute Gasteiger partial charge is 0.474 e. The second-order valence-corrected chi connectivity index (χ2v) is 5.39. The van der Waals surface area contributed by atoms with Gasteiger partial charge in [-0.3, -0.25) is 5.32 Å². The molecule has 0 heterocycles. The van der Waals surface area contributed by atoms with Crippen LogP contribution in [0.5, 0.6) is 5.75 Å². The number of hydrogen-bond donors (Lipinski definition) is 2. The average Bonchev–Trinajstić information content (AvgIpc) is 2.49. The van der Waals surface area contributed by atoms with Gasteiger partial charge in [0.25, 0.3) is 0 Å². The molecule has 0 aliphatic rings. The van der Waals surface area contributed by atoms with Crippen LogP contribution in [0.3, 0.4) is 0 Å². The first-order valence-electron chi connectivity index (χ1n) is 6.96. The SMILES string of the molecule is Cc1cccc(Cl)c1OC(C)NCC(O)c1ccccc1. The van der Waals surface area contributed by atoms with Crippen molar-refractivity contribution in [2.75, 3.05) is 6.54 Å². The number of hydrogen-bond acceptors (Lipinski definition) is 3. The molecule has 112 valence electrons. The van der Waals surface area contributed by atoms with Crippen LogP contribution in [0.1, 0.15) is 24.2 Å². The van der Waals surface area contributed by atoms with Gasteiger partial charge in [-0.15, -0.1) is 0 Å². The first kappa shape index (κ1) is 15.8. The predicted molar refractivity (Wildman–Crippen MR) is 85.7 cm³/mol. The Morgan fingerprint density at radius 2 is 1.86 bits per heavy atom. The molecular weight excluding hydrogens is 286 g/mol. The first-order chi connectivity index (χ1) is 10.1.